The van der Waals surface area contributed by atoms with Gasteiger partial charge in [-0.15, -0.1) is 0 Å². The molecule has 8 nitrogen and oxygen atoms in total. The molecule has 0 saturated carbocycles. The van der Waals surface area contributed by atoms with E-state index in [1.165, 1.54) is 4.68 Å². The minimum atomic E-state index is -0.609. The fourth-order valence-electron chi connectivity index (χ4n) is 3.84. The highest BCUT2D eigenvalue weighted by atomic mass is 16.5. The van der Waals surface area contributed by atoms with Gasteiger partial charge >= 0.3 is 0 Å². The summed E-state index contributed by atoms with van der Waals surface area (Å²) in [6.45, 7) is 2.07. The van der Waals surface area contributed by atoms with Crippen LogP contribution in [0.5, 0.6) is 11.5 Å². The van der Waals surface area contributed by atoms with E-state index in [0.29, 0.717) is 17.0 Å². The van der Waals surface area contributed by atoms with Crippen LogP contribution in [0.1, 0.15) is 18.5 Å². The first-order valence-electron chi connectivity index (χ1n) is 9.89. The van der Waals surface area contributed by atoms with Crippen LogP contribution >= 0.6 is 0 Å². The minimum Gasteiger partial charge on any atom is -0.497 e. The van der Waals surface area contributed by atoms with Crippen molar-refractivity contribution in [2.75, 3.05) is 14.2 Å². The molecule has 160 valence electrons. The van der Waals surface area contributed by atoms with E-state index < -0.39 is 6.04 Å². The normalized spacial score (nSPS) is 12.1. The zero-order chi connectivity index (χ0) is 22.1. The van der Waals surface area contributed by atoms with E-state index in [0.717, 1.165) is 21.9 Å². The number of fused-ring (bicyclic) bond motifs is 3. The number of nitrogens with zero attached hydrogens (tertiary/aromatic N) is 3. The van der Waals surface area contributed by atoms with Gasteiger partial charge < -0.3 is 19.4 Å². The van der Waals surface area contributed by atoms with Crippen LogP contribution < -0.4 is 20.3 Å². The summed E-state index contributed by atoms with van der Waals surface area (Å²) >= 11 is 0. The summed E-state index contributed by atoms with van der Waals surface area (Å²) in [5.74, 6) is 1.10. The molecule has 2 aromatic heterocycles. The van der Waals surface area contributed by atoms with Gasteiger partial charge in [0.25, 0.3) is 5.56 Å². The predicted octanol–water partition coefficient (Wildman–Crippen LogP) is 2.78. The number of hydrogen-bond acceptors (Lipinski definition) is 5. The lowest BCUT2D eigenvalue weighted by Crippen LogP contribution is -2.32. The molecule has 0 aliphatic carbocycles. The van der Waals surface area contributed by atoms with Gasteiger partial charge in [0, 0.05) is 36.0 Å². The lowest BCUT2D eigenvalue weighted by atomic mass is 10.2. The number of hydrogen-bond donors (Lipinski definition) is 1. The van der Waals surface area contributed by atoms with Crippen LogP contribution in [0.2, 0.25) is 0 Å². The number of benzene rings is 2. The molecule has 2 aromatic carbocycles. The Hall–Kier alpha value is -3.81. The Morgan fingerprint density at radius 1 is 1.13 bits per heavy atom. The Bertz CT molecular complexity index is 1340. The molecule has 1 atom stereocenters. The molecule has 0 fully saturated rings. The highest BCUT2D eigenvalue weighted by Crippen LogP contribution is 2.30. The second-order valence-corrected chi connectivity index (χ2v) is 7.29. The summed E-state index contributed by atoms with van der Waals surface area (Å²) < 4.78 is 13.7. The van der Waals surface area contributed by atoms with Crippen molar-refractivity contribution in [2.24, 2.45) is 7.05 Å². The summed E-state index contributed by atoms with van der Waals surface area (Å²) in [5, 5.41) is 8.73. The summed E-state index contributed by atoms with van der Waals surface area (Å²) in [4.78, 5) is 26.0. The molecule has 1 N–H and O–H groups in total. The van der Waals surface area contributed by atoms with Crippen molar-refractivity contribution >= 4 is 27.7 Å². The fourth-order valence-corrected chi connectivity index (χ4v) is 3.84. The zero-order valence-corrected chi connectivity index (χ0v) is 17.9. The molecule has 0 unspecified atom stereocenters. The van der Waals surface area contributed by atoms with Crippen molar-refractivity contribution in [3.05, 3.63) is 64.6 Å². The number of methoxy groups -OCH3 is 2. The second-order valence-electron chi connectivity index (χ2n) is 7.29. The van der Waals surface area contributed by atoms with E-state index in [1.54, 1.807) is 45.0 Å². The minimum absolute atomic E-state index is 0.209. The molecule has 8 heteroatoms. The Morgan fingerprint density at radius 3 is 2.65 bits per heavy atom. The maximum Gasteiger partial charge on any atom is 0.291 e. The number of carbonyl (C=O) groups is 1. The topological polar surface area (TPSA) is 87.4 Å². The Labute approximate surface area is 179 Å². The van der Waals surface area contributed by atoms with Gasteiger partial charge in [0.1, 0.15) is 23.1 Å². The van der Waals surface area contributed by atoms with E-state index in [-0.39, 0.29) is 18.0 Å². The average molecular weight is 420 g/mol. The number of aromatic nitrogens is 3. The summed E-state index contributed by atoms with van der Waals surface area (Å²) in [6.07, 6.45) is 1.67. The molecule has 0 bridgehead atoms. The summed E-state index contributed by atoms with van der Waals surface area (Å²) in [6, 6.07) is 12.5. The maximum atomic E-state index is 13.1. The zero-order valence-electron chi connectivity index (χ0n) is 17.9. The van der Waals surface area contributed by atoms with Gasteiger partial charge in [0.2, 0.25) is 5.91 Å². The van der Waals surface area contributed by atoms with Crippen LogP contribution in [0.4, 0.5) is 0 Å². The first kappa shape index (κ1) is 20.5. The average Bonchev–Trinajstić information content (AvgIpc) is 3.14. The van der Waals surface area contributed by atoms with Crippen molar-refractivity contribution in [3.8, 4) is 11.5 Å². The monoisotopic (exact) mass is 420 g/mol. The van der Waals surface area contributed by atoms with Gasteiger partial charge in [-0.1, -0.05) is 18.2 Å². The van der Waals surface area contributed by atoms with E-state index in [1.807, 2.05) is 36.4 Å². The van der Waals surface area contributed by atoms with Gasteiger partial charge in [0.05, 0.1) is 25.9 Å². The van der Waals surface area contributed by atoms with Crippen molar-refractivity contribution < 1.29 is 14.3 Å². The Morgan fingerprint density at radius 2 is 1.90 bits per heavy atom. The van der Waals surface area contributed by atoms with Gasteiger partial charge in [-0.2, -0.15) is 5.10 Å². The lowest BCUT2D eigenvalue weighted by molar-refractivity contribution is -0.123. The third kappa shape index (κ3) is 3.50. The van der Waals surface area contributed by atoms with Gasteiger partial charge in [-0.3, -0.25) is 9.59 Å². The van der Waals surface area contributed by atoms with Crippen LogP contribution in [0.3, 0.4) is 0 Å². The third-order valence-electron chi connectivity index (χ3n) is 5.52. The van der Waals surface area contributed by atoms with E-state index >= 15 is 0 Å². The van der Waals surface area contributed by atoms with Gasteiger partial charge in [-0.05, 0) is 25.1 Å². The first-order chi connectivity index (χ1) is 15.0. The van der Waals surface area contributed by atoms with Crippen molar-refractivity contribution in [1.82, 2.24) is 19.7 Å². The first-order valence-corrected chi connectivity index (χ1v) is 9.89. The molecule has 0 saturated heterocycles. The molecule has 0 radical (unpaired) electrons. The molecule has 1 amide bonds. The number of carbonyl (C=O) groups excluding carboxylic acids is 1. The molecule has 2 heterocycles. The Kier molecular flexibility index (Phi) is 5.37. The molecule has 4 aromatic rings. The fraction of sp³-hybridized carbons (Fsp3) is 0.261. The predicted molar refractivity (Wildman–Crippen MR) is 119 cm³/mol. The highest BCUT2D eigenvalue weighted by molar-refractivity contribution is 6.08. The van der Waals surface area contributed by atoms with Crippen LogP contribution in [-0.2, 0) is 18.4 Å². The molecule has 0 spiro atoms. The van der Waals surface area contributed by atoms with E-state index in [4.69, 9.17) is 9.47 Å². The number of rotatable bonds is 6. The number of ether oxygens (including phenoxy) is 2. The van der Waals surface area contributed by atoms with Crippen molar-refractivity contribution in [2.45, 2.75) is 19.5 Å². The molecular formula is C23H24N4O4. The largest absolute Gasteiger partial charge is 0.497 e. The number of para-hydroxylation sites is 1. The number of amides is 1. The summed E-state index contributed by atoms with van der Waals surface area (Å²) in [7, 11) is 4.76. The molecular weight excluding hydrogens is 396 g/mol. The van der Waals surface area contributed by atoms with Crippen LogP contribution in [0.15, 0.2) is 53.5 Å². The van der Waals surface area contributed by atoms with Crippen LogP contribution in [-0.4, -0.2) is 34.5 Å². The highest BCUT2D eigenvalue weighted by Gasteiger charge is 2.23. The van der Waals surface area contributed by atoms with Crippen molar-refractivity contribution in [1.29, 1.82) is 0 Å². The van der Waals surface area contributed by atoms with Gasteiger partial charge in [-0.25, -0.2) is 4.68 Å². The second kappa shape index (κ2) is 8.14. The third-order valence-corrected chi connectivity index (χ3v) is 5.52. The van der Waals surface area contributed by atoms with E-state index in [2.05, 4.69) is 10.4 Å². The molecule has 4 rings (SSSR count). The molecule has 0 aliphatic heterocycles. The van der Waals surface area contributed by atoms with Crippen LogP contribution in [0, 0.1) is 0 Å². The quantitative estimate of drug-likeness (QED) is 0.518. The molecule has 0 aliphatic rings. The SMILES string of the molecule is COc1ccc(CNC(=O)[C@@H](C)n2c3ccccc3c3cnn(C)c(=O)c32)c(OC)c1. The lowest BCUT2D eigenvalue weighted by Gasteiger charge is -2.17. The molecule has 31 heavy (non-hydrogen) atoms. The smallest absolute Gasteiger partial charge is 0.291 e. The number of nitrogens with one attached hydrogen (secondary N) is 1. The standard InChI is InChI=1S/C23H24N4O4/c1-14(22(28)24-12-15-9-10-16(30-3)11-20(15)31-4)27-19-8-6-5-7-17(19)18-13-25-26(2)23(29)21(18)27/h5-11,13-14H,12H2,1-4H3,(H,24,28)/t14-/m1/s1. The Balaban J connectivity index is 1.70. The summed E-state index contributed by atoms with van der Waals surface area (Å²) in [5.41, 5.74) is 1.85. The van der Waals surface area contributed by atoms with Gasteiger partial charge in [0.15, 0.2) is 0 Å². The van der Waals surface area contributed by atoms with Crippen molar-refractivity contribution in [3.63, 3.8) is 0 Å². The van der Waals surface area contributed by atoms with E-state index in [9.17, 15) is 9.59 Å². The van der Waals surface area contributed by atoms with Crippen LogP contribution in [0.25, 0.3) is 21.8 Å². The number of aryl methyl sites for hydroxylation is 1. The maximum absolute atomic E-state index is 13.1.